The van der Waals surface area contributed by atoms with Crippen LogP contribution >= 0.6 is 0 Å². The first-order chi connectivity index (χ1) is 8.93. The van der Waals surface area contributed by atoms with Crippen molar-refractivity contribution < 1.29 is 5.21 Å². The van der Waals surface area contributed by atoms with E-state index in [0.717, 1.165) is 24.2 Å². The molecular weight excluding hydrogens is 238 g/mol. The van der Waals surface area contributed by atoms with Crippen LogP contribution in [0.3, 0.4) is 0 Å². The van der Waals surface area contributed by atoms with Crippen molar-refractivity contribution in [1.82, 2.24) is 0 Å². The first-order valence-corrected chi connectivity index (χ1v) is 6.76. The summed E-state index contributed by atoms with van der Waals surface area (Å²) in [7, 11) is 0. The molecule has 1 aromatic carbocycles. The summed E-state index contributed by atoms with van der Waals surface area (Å²) < 4.78 is 0. The number of piperidine rings is 1. The maximum absolute atomic E-state index is 8.74. The SMILES string of the molecule is Cc1cc(N2CCC(C)(C)CC2)ccc1/C(N)=N/O. The Morgan fingerprint density at radius 1 is 1.32 bits per heavy atom. The van der Waals surface area contributed by atoms with Crippen LogP contribution in [0.1, 0.15) is 37.8 Å². The molecule has 0 aromatic heterocycles. The van der Waals surface area contributed by atoms with Gasteiger partial charge in [0.05, 0.1) is 0 Å². The minimum absolute atomic E-state index is 0.170. The molecule has 0 saturated carbocycles. The van der Waals surface area contributed by atoms with Crippen LogP contribution in [0.15, 0.2) is 23.4 Å². The van der Waals surface area contributed by atoms with Crippen LogP contribution in [0.5, 0.6) is 0 Å². The Morgan fingerprint density at radius 3 is 2.47 bits per heavy atom. The number of rotatable bonds is 2. The maximum atomic E-state index is 8.74. The van der Waals surface area contributed by atoms with Gasteiger partial charge in [-0.1, -0.05) is 19.0 Å². The van der Waals surface area contributed by atoms with Crippen molar-refractivity contribution in [2.75, 3.05) is 18.0 Å². The van der Waals surface area contributed by atoms with E-state index in [-0.39, 0.29) is 5.84 Å². The lowest BCUT2D eigenvalue weighted by atomic mass is 9.82. The Kier molecular flexibility index (Phi) is 3.69. The van der Waals surface area contributed by atoms with Gasteiger partial charge in [0.25, 0.3) is 0 Å². The molecule has 0 atom stereocenters. The van der Waals surface area contributed by atoms with Crippen molar-refractivity contribution in [3.05, 3.63) is 29.3 Å². The summed E-state index contributed by atoms with van der Waals surface area (Å²) in [5.74, 6) is 0.170. The Bertz CT molecular complexity index is 484. The number of amidine groups is 1. The molecule has 4 heteroatoms. The van der Waals surface area contributed by atoms with Gasteiger partial charge in [0.2, 0.25) is 0 Å². The summed E-state index contributed by atoms with van der Waals surface area (Å²) >= 11 is 0. The van der Waals surface area contributed by atoms with Crippen molar-refractivity contribution in [1.29, 1.82) is 0 Å². The van der Waals surface area contributed by atoms with Gasteiger partial charge < -0.3 is 15.8 Å². The average Bonchev–Trinajstić information content (AvgIpc) is 2.37. The summed E-state index contributed by atoms with van der Waals surface area (Å²) in [5.41, 5.74) is 9.16. The number of hydrogen-bond acceptors (Lipinski definition) is 3. The lowest BCUT2D eigenvalue weighted by Gasteiger charge is -2.38. The molecule has 1 aliphatic heterocycles. The van der Waals surface area contributed by atoms with Gasteiger partial charge in [-0.05, 0) is 48.9 Å². The topological polar surface area (TPSA) is 61.8 Å². The molecule has 3 N–H and O–H groups in total. The van der Waals surface area contributed by atoms with Gasteiger partial charge in [0.15, 0.2) is 5.84 Å². The average molecular weight is 261 g/mol. The molecule has 0 amide bonds. The van der Waals surface area contributed by atoms with Crippen LogP contribution in [-0.4, -0.2) is 24.1 Å². The van der Waals surface area contributed by atoms with E-state index in [1.54, 1.807) is 0 Å². The normalized spacial score (nSPS) is 19.5. The fourth-order valence-electron chi connectivity index (χ4n) is 2.56. The quantitative estimate of drug-likeness (QED) is 0.372. The van der Waals surface area contributed by atoms with E-state index in [4.69, 9.17) is 10.9 Å². The van der Waals surface area contributed by atoms with E-state index < -0.39 is 0 Å². The maximum Gasteiger partial charge on any atom is 0.170 e. The van der Waals surface area contributed by atoms with Crippen molar-refractivity contribution in [2.24, 2.45) is 16.3 Å². The molecule has 0 bridgehead atoms. The van der Waals surface area contributed by atoms with Crippen LogP contribution in [0.25, 0.3) is 0 Å². The van der Waals surface area contributed by atoms with Gasteiger partial charge in [-0.3, -0.25) is 0 Å². The van der Waals surface area contributed by atoms with E-state index in [1.165, 1.54) is 18.5 Å². The van der Waals surface area contributed by atoms with E-state index >= 15 is 0 Å². The highest BCUT2D eigenvalue weighted by Gasteiger charge is 2.25. The molecule has 0 aliphatic carbocycles. The van der Waals surface area contributed by atoms with Gasteiger partial charge in [0.1, 0.15) is 0 Å². The molecule has 1 aliphatic rings. The number of anilines is 1. The van der Waals surface area contributed by atoms with Crippen LogP contribution in [-0.2, 0) is 0 Å². The van der Waals surface area contributed by atoms with E-state index in [2.05, 4.69) is 36.0 Å². The second-order valence-electron chi connectivity index (χ2n) is 6.14. The Morgan fingerprint density at radius 2 is 1.95 bits per heavy atom. The lowest BCUT2D eigenvalue weighted by Crippen LogP contribution is -2.37. The van der Waals surface area contributed by atoms with Crippen LogP contribution in [0.2, 0.25) is 0 Å². The minimum atomic E-state index is 0.170. The summed E-state index contributed by atoms with van der Waals surface area (Å²) in [6, 6.07) is 6.10. The predicted octanol–water partition coefficient (Wildman–Crippen LogP) is 2.72. The highest BCUT2D eigenvalue weighted by atomic mass is 16.4. The largest absolute Gasteiger partial charge is 0.409 e. The smallest absolute Gasteiger partial charge is 0.170 e. The zero-order chi connectivity index (χ0) is 14.0. The fourth-order valence-corrected chi connectivity index (χ4v) is 2.56. The molecule has 2 rings (SSSR count). The van der Waals surface area contributed by atoms with Gasteiger partial charge in [-0.2, -0.15) is 0 Å². The fraction of sp³-hybridized carbons (Fsp3) is 0.533. The van der Waals surface area contributed by atoms with Crippen molar-refractivity contribution in [2.45, 2.75) is 33.6 Å². The first-order valence-electron chi connectivity index (χ1n) is 6.76. The molecule has 1 heterocycles. The Hall–Kier alpha value is -1.71. The summed E-state index contributed by atoms with van der Waals surface area (Å²) in [5, 5.41) is 11.8. The molecular formula is C15H23N3O. The molecule has 0 spiro atoms. The second-order valence-corrected chi connectivity index (χ2v) is 6.14. The van der Waals surface area contributed by atoms with Gasteiger partial charge >= 0.3 is 0 Å². The van der Waals surface area contributed by atoms with Crippen molar-refractivity contribution in [3.8, 4) is 0 Å². The van der Waals surface area contributed by atoms with Crippen molar-refractivity contribution in [3.63, 3.8) is 0 Å². The van der Waals surface area contributed by atoms with Gasteiger partial charge in [-0.15, -0.1) is 0 Å². The Balaban J connectivity index is 2.17. The second kappa shape index (κ2) is 5.11. The van der Waals surface area contributed by atoms with Crippen LogP contribution < -0.4 is 10.6 Å². The monoisotopic (exact) mass is 261 g/mol. The zero-order valence-electron chi connectivity index (χ0n) is 12.0. The highest BCUT2D eigenvalue weighted by Crippen LogP contribution is 2.32. The van der Waals surface area contributed by atoms with Gasteiger partial charge in [-0.25, -0.2) is 0 Å². The van der Waals surface area contributed by atoms with Crippen LogP contribution in [0.4, 0.5) is 5.69 Å². The van der Waals surface area contributed by atoms with E-state index in [0.29, 0.717) is 5.41 Å². The molecule has 1 saturated heterocycles. The standard InChI is InChI=1S/C15H23N3O/c1-11-10-12(4-5-13(11)14(16)17-19)18-8-6-15(2,3)7-9-18/h4-5,10,19H,6-9H2,1-3H3,(H2,16,17). The Labute approximate surface area is 114 Å². The number of aryl methyl sites for hydroxylation is 1. The third-order valence-electron chi connectivity index (χ3n) is 4.08. The molecule has 4 nitrogen and oxygen atoms in total. The molecule has 0 unspecified atom stereocenters. The third-order valence-corrected chi connectivity index (χ3v) is 4.08. The number of hydrogen-bond donors (Lipinski definition) is 2. The predicted molar refractivity (Wildman–Crippen MR) is 78.9 cm³/mol. The van der Waals surface area contributed by atoms with E-state index in [1.807, 2.05) is 13.0 Å². The highest BCUT2D eigenvalue weighted by molar-refractivity contribution is 5.98. The minimum Gasteiger partial charge on any atom is -0.409 e. The zero-order valence-corrected chi connectivity index (χ0v) is 12.0. The number of benzene rings is 1. The molecule has 1 fully saturated rings. The first kappa shape index (κ1) is 13.7. The summed E-state index contributed by atoms with van der Waals surface area (Å²) in [6.07, 6.45) is 2.43. The molecule has 0 radical (unpaired) electrons. The van der Waals surface area contributed by atoms with Crippen molar-refractivity contribution >= 4 is 11.5 Å². The van der Waals surface area contributed by atoms with E-state index in [9.17, 15) is 0 Å². The third kappa shape index (κ3) is 3.00. The van der Waals surface area contributed by atoms with Crippen LogP contribution in [0, 0.1) is 12.3 Å². The molecule has 1 aromatic rings. The molecule has 104 valence electrons. The number of oxime groups is 1. The molecule has 19 heavy (non-hydrogen) atoms. The number of nitrogens with two attached hydrogens (primary N) is 1. The summed E-state index contributed by atoms with van der Waals surface area (Å²) in [4.78, 5) is 2.41. The number of nitrogens with zero attached hydrogens (tertiary/aromatic N) is 2. The van der Waals surface area contributed by atoms with Gasteiger partial charge in [0, 0.05) is 24.3 Å². The lowest BCUT2D eigenvalue weighted by molar-refractivity contribution is 0.280. The summed E-state index contributed by atoms with van der Waals surface area (Å²) in [6.45, 7) is 8.84.